The first-order valence-corrected chi connectivity index (χ1v) is 9.69. The van der Waals surface area contributed by atoms with Crippen LogP contribution in [0, 0.1) is 5.82 Å². The smallest absolute Gasteiger partial charge is 0.246 e. The number of ether oxygens (including phenoxy) is 1. The third kappa shape index (κ3) is 3.77. The first-order chi connectivity index (χ1) is 12.0. The molecule has 134 valence electrons. The highest BCUT2D eigenvalue weighted by Gasteiger charge is 2.30. The van der Waals surface area contributed by atoms with Gasteiger partial charge in [-0.1, -0.05) is 12.1 Å². The minimum atomic E-state index is -3.80. The van der Waals surface area contributed by atoms with Crippen molar-refractivity contribution in [1.29, 1.82) is 0 Å². The van der Waals surface area contributed by atoms with Gasteiger partial charge < -0.3 is 9.64 Å². The van der Waals surface area contributed by atoms with Gasteiger partial charge in [0.2, 0.25) is 10.0 Å². The summed E-state index contributed by atoms with van der Waals surface area (Å²) in [6.07, 6.45) is 0. The Balaban J connectivity index is 1.68. The molecule has 1 saturated heterocycles. The molecule has 0 spiro atoms. The zero-order chi connectivity index (χ0) is 17.9. The molecule has 0 amide bonds. The number of hydrogen-bond acceptors (Lipinski definition) is 4. The number of anilines is 1. The van der Waals surface area contributed by atoms with Gasteiger partial charge in [-0.25, -0.2) is 12.8 Å². The van der Waals surface area contributed by atoms with Crippen molar-refractivity contribution in [1.82, 2.24) is 4.31 Å². The predicted octanol–water partition coefficient (Wildman–Crippen LogP) is 2.74. The fraction of sp³-hybridized carbons (Fsp3) is 0.333. The molecule has 0 atom stereocenters. The van der Waals surface area contributed by atoms with Gasteiger partial charge in [-0.3, -0.25) is 0 Å². The van der Waals surface area contributed by atoms with Crippen LogP contribution in [0.5, 0.6) is 5.75 Å². The molecule has 0 unspecified atom stereocenters. The Labute approximate surface area is 147 Å². The molecule has 5 nitrogen and oxygen atoms in total. The van der Waals surface area contributed by atoms with Crippen molar-refractivity contribution < 1.29 is 17.5 Å². The highest BCUT2D eigenvalue weighted by molar-refractivity contribution is 7.89. The molecule has 0 aromatic heterocycles. The van der Waals surface area contributed by atoms with E-state index in [2.05, 4.69) is 4.90 Å². The van der Waals surface area contributed by atoms with E-state index in [1.807, 2.05) is 31.2 Å². The van der Waals surface area contributed by atoms with E-state index in [4.69, 9.17) is 4.74 Å². The van der Waals surface area contributed by atoms with Crippen LogP contribution < -0.4 is 9.64 Å². The molecular formula is C18H21FN2O3S. The number of benzene rings is 2. The van der Waals surface area contributed by atoms with Gasteiger partial charge in [0.05, 0.1) is 6.61 Å². The average molecular weight is 364 g/mol. The molecule has 1 heterocycles. The molecule has 7 heteroatoms. The van der Waals surface area contributed by atoms with E-state index in [9.17, 15) is 12.8 Å². The first-order valence-electron chi connectivity index (χ1n) is 8.25. The summed E-state index contributed by atoms with van der Waals surface area (Å²) in [5.41, 5.74) is 1.02. The molecule has 0 saturated carbocycles. The Hall–Kier alpha value is -2.12. The molecule has 0 N–H and O–H groups in total. The van der Waals surface area contributed by atoms with Gasteiger partial charge in [0, 0.05) is 31.9 Å². The monoisotopic (exact) mass is 364 g/mol. The lowest BCUT2D eigenvalue weighted by Crippen LogP contribution is -2.48. The van der Waals surface area contributed by atoms with Crippen LogP contribution in [-0.2, 0) is 10.0 Å². The zero-order valence-electron chi connectivity index (χ0n) is 14.1. The highest BCUT2D eigenvalue weighted by Crippen LogP contribution is 2.24. The first kappa shape index (κ1) is 17.7. The summed E-state index contributed by atoms with van der Waals surface area (Å²) < 4.78 is 45.9. The summed E-state index contributed by atoms with van der Waals surface area (Å²) in [6.45, 7) is 4.31. The number of nitrogens with zero attached hydrogens (tertiary/aromatic N) is 2. The lowest BCUT2D eigenvalue weighted by molar-refractivity contribution is 0.340. The van der Waals surface area contributed by atoms with Crippen LogP contribution in [-0.4, -0.2) is 45.5 Å². The van der Waals surface area contributed by atoms with E-state index in [0.717, 1.165) is 11.4 Å². The summed E-state index contributed by atoms with van der Waals surface area (Å²) in [6, 6.07) is 13.2. The molecule has 1 fully saturated rings. The largest absolute Gasteiger partial charge is 0.494 e. The second kappa shape index (κ2) is 7.41. The van der Waals surface area contributed by atoms with Crippen LogP contribution in [0.1, 0.15) is 6.92 Å². The molecule has 1 aliphatic heterocycles. The maximum absolute atomic E-state index is 13.9. The maximum atomic E-state index is 13.9. The topological polar surface area (TPSA) is 49.9 Å². The van der Waals surface area contributed by atoms with E-state index in [1.165, 1.54) is 28.6 Å². The predicted molar refractivity (Wildman–Crippen MR) is 95.0 cm³/mol. The fourth-order valence-electron chi connectivity index (χ4n) is 2.90. The number of halogens is 1. The summed E-state index contributed by atoms with van der Waals surface area (Å²) >= 11 is 0. The Morgan fingerprint density at radius 3 is 2.24 bits per heavy atom. The van der Waals surface area contributed by atoms with Gasteiger partial charge in [-0.15, -0.1) is 0 Å². The van der Waals surface area contributed by atoms with Gasteiger partial charge >= 0.3 is 0 Å². The third-order valence-electron chi connectivity index (χ3n) is 4.21. The van der Waals surface area contributed by atoms with Crippen LogP contribution in [0.2, 0.25) is 0 Å². The van der Waals surface area contributed by atoms with Crippen LogP contribution in [0.3, 0.4) is 0 Å². The van der Waals surface area contributed by atoms with Crippen LogP contribution >= 0.6 is 0 Å². The van der Waals surface area contributed by atoms with Gasteiger partial charge in [0.1, 0.15) is 16.5 Å². The van der Waals surface area contributed by atoms with E-state index in [0.29, 0.717) is 32.8 Å². The summed E-state index contributed by atoms with van der Waals surface area (Å²) in [4.78, 5) is 1.85. The number of sulfonamides is 1. The minimum absolute atomic E-state index is 0.260. The van der Waals surface area contributed by atoms with Crippen molar-refractivity contribution in [2.75, 3.05) is 37.7 Å². The maximum Gasteiger partial charge on any atom is 0.246 e. The average Bonchev–Trinajstić information content (AvgIpc) is 2.63. The zero-order valence-corrected chi connectivity index (χ0v) is 14.9. The molecule has 1 aliphatic rings. The Morgan fingerprint density at radius 1 is 1.00 bits per heavy atom. The van der Waals surface area contributed by atoms with Gasteiger partial charge in [-0.2, -0.15) is 4.31 Å². The summed E-state index contributed by atoms with van der Waals surface area (Å²) in [7, 11) is -3.80. The van der Waals surface area contributed by atoms with Gasteiger partial charge in [-0.05, 0) is 43.3 Å². The van der Waals surface area contributed by atoms with E-state index >= 15 is 0 Å². The normalized spacial score (nSPS) is 16.0. The highest BCUT2D eigenvalue weighted by atomic mass is 32.2. The van der Waals surface area contributed by atoms with Crippen LogP contribution in [0.4, 0.5) is 10.1 Å². The molecule has 2 aromatic rings. The van der Waals surface area contributed by atoms with E-state index in [1.54, 1.807) is 0 Å². The van der Waals surface area contributed by atoms with Crippen molar-refractivity contribution in [2.45, 2.75) is 11.8 Å². The molecule has 0 radical (unpaired) electrons. The van der Waals surface area contributed by atoms with Gasteiger partial charge in [0.15, 0.2) is 0 Å². The quantitative estimate of drug-likeness (QED) is 0.819. The number of rotatable bonds is 5. The van der Waals surface area contributed by atoms with E-state index < -0.39 is 15.8 Å². The molecule has 2 aromatic carbocycles. The van der Waals surface area contributed by atoms with Crippen LogP contribution in [0.25, 0.3) is 0 Å². The lowest BCUT2D eigenvalue weighted by Gasteiger charge is -2.35. The summed E-state index contributed by atoms with van der Waals surface area (Å²) in [5, 5.41) is 0. The van der Waals surface area contributed by atoms with Crippen molar-refractivity contribution in [2.24, 2.45) is 0 Å². The Bertz CT molecular complexity index is 816. The fourth-order valence-corrected chi connectivity index (χ4v) is 4.39. The van der Waals surface area contributed by atoms with Crippen molar-refractivity contribution in [3.63, 3.8) is 0 Å². The third-order valence-corrected chi connectivity index (χ3v) is 6.14. The lowest BCUT2D eigenvalue weighted by atomic mass is 10.2. The minimum Gasteiger partial charge on any atom is -0.494 e. The van der Waals surface area contributed by atoms with E-state index in [-0.39, 0.29) is 4.90 Å². The van der Waals surface area contributed by atoms with Crippen molar-refractivity contribution >= 4 is 15.7 Å². The molecule has 0 aliphatic carbocycles. The molecule has 25 heavy (non-hydrogen) atoms. The van der Waals surface area contributed by atoms with Crippen molar-refractivity contribution in [3.8, 4) is 5.75 Å². The molecule has 3 rings (SSSR count). The van der Waals surface area contributed by atoms with Gasteiger partial charge in [0.25, 0.3) is 0 Å². The standard InChI is InChI=1S/C18H21FN2O3S/c1-2-24-16-9-7-15(8-10-16)20-11-13-21(14-12-20)25(22,23)18-6-4-3-5-17(18)19/h3-10H,2,11-14H2,1H3. The molecular weight excluding hydrogens is 343 g/mol. The second-order valence-electron chi connectivity index (χ2n) is 5.75. The number of hydrogen-bond donors (Lipinski definition) is 0. The SMILES string of the molecule is CCOc1ccc(N2CCN(S(=O)(=O)c3ccccc3F)CC2)cc1. The second-order valence-corrected chi connectivity index (χ2v) is 7.65. The summed E-state index contributed by atoms with van der Waals surface area (Å²) in [5.74, 6) is 0.100. The Kier molecular flexibility index (Phi) is 5.24. The van der Waals surface area contributed by atoms with Crippen LogP contribution in [0.15, 0.2) is 53.4 Å². The van der Waals surface area contributed by atoms with Crippen molar-refractivity contribution in [3.05, 3.63) is 54.3 Å². The number of piperazine rings is 1. The molecule has 0 bridgehead atoms. The Morgan fingerprint density at radius 2 is 1.64 bits per heavy atom.